The summed E-state index contributed by atoms with van der Waals surface area (Å²) in [5.74, 6) is 0.0579. The molecular weight excluding hydrogens is 342 g/mol. The van der Waals surface area contributed by atoms with E-state index in [9.17, 15) is 4.79 Å². The molecule has 0 heterocycles. The van der Waals surface area contributed by atoms with Gasteiger partial charge in [0.15, 0.2) is 5.75 Å². The minimum absolute atomic E-state index is 0.293. The smallest absolute Gasteiger partial charge is 0.341 e. The van der Waals surface area contributed by atoms with Crippen molar-refractivity contribution in [2.75, 3.05) is 14.2 Å². The Bertz CT molecular complexity index is 797. The Balaban J connectivity index is 2.35. The normalized spacial score (nSPS) is 11.8. The van der Waals surface area contributed by atoms with E-state index in [0.29, 0.717) is 27.6 Å². The average Bonchev–Trinajstić information content (AvgIpc) is 2.65. The molecule has 0 aliphatic heterocycles. The van der Waals surface area contributed by atoms with E-state index in [0.717, 1.165) is 5.56 Å². The van der Waals surface area contributed by atoms with Crippen LogP contribution in [-0.4, -0.2) is 25.9 Å². The highest BCUT2D eigenvalue weighted by atomic mass is 35.5. The number of nitrogens with zero attached hydrogens (tertiary/aromatic N) is 1. The van der Waals surface area contributed by atoms with Gasteiger partial charge in [-0.15, -0.1) is 0 Å². The minimum Gasteiger partial charge on any atom is -0.503 e. The van der Waals surface area contributed by atoms with Gasteiger partial charge in [0, 0.05) is 16.1 Å². The maximum atomic E-state index is 12.0. The Morgan fingerprint density at radius 2 is 1.68 bits per heavy atom. The predicted octanol–water partition coefficient (Wildman–Crippen LogP) is 4.30. The second kappa shape index (κ2) is 8.89. The van der Waals surface area contributed by atoms with Gasteiger partial charge in [0.25, 0.3) is 0 Å². The van der Waals surface area contributed by atoms with Gasteiger partial charge in [0.2, 0.25) is 0 Å². The van der Waals surface area contributed by atoms with Gasteiger partial charge in [-0.1, -0.05) is 41.0 Å². The Hall–Kier alpha value is -2.79. The van der Waals surface area contributed by atoms with Crippen LogP contribution in [0.15, 0.2) is 59.9 Å². The summed E-state index contributed by atoms with van der Waals surface area (Å²) in [6.45, 7) is 1.79. The number of methoxy groups -OCH3 is 2. The number of hydrogen-bond donors (Lipinski definition) is 0. The minimum atomic E-state index is -0.499. The molecule has 0 atom stereocenters. The standard InChI is InChI=1S/C19H18ClNO4/c1-13(21-25-15-10-8-14(20)9-11-15)16-6-4-5-7-17(16)18(12-23-2)19(22)24-3/h4-12H,1-3H3/b18-12+,21-13?. The number of esters is 1. The lowest BCUT2D eigenvalue weighted by Crippen LogP contribution is -2.09. The van der Waals surface area contributed by atoms with Crippen molar-refractivity contribution in [1.82, 2.24) is 0 Å². The van der Waals surface area contributed by atoms with E-state index >= 15 is 0 Å². The van der Waals surface area contributed by atoms with Gasteiger partial charge in [0.05, 0.1) is 26.2 Å². The predicted molar refractivity (Wildman–Crippen MR) is 97.7 cm³/mol. The van der Waals surface area contributed by atoms with E-state index < -0.39 is 5.97 Å². The zero-order chi connectivity index (χ0) is 18.2. The lowest BCUT2D eigenvalue weighted by Gasteiger charge is -2.11. The number of ether oxygens (including phenoxy) is 2. The van der Waals surface area contributed by atoms with Crippen molar-refractivity contribution >= 4 is 28.9 Å². The summed E-state index contributed by atoms with van der Waals surface area (Å²) >= 11 is 5.85. The highest BCUT2D eigenvalue weighted by Crippen LogP contribution is 2.22. The molecule has 0 bridgehead atoms. The first-order valence-corrected chi connectivity index (χ1v) is 7.83. The van der Waals surface area contributed by atoms with Crippen molar-refractivity contribution < 1.29 is 19.1 Å². The van der Waals surface area contributed by atoms with Crippen LogP contribution in [0, 0.1) is 0 Å². The molecule has 0 fully saturated rings. The maximum Gasteiger partial charge on any atom is 0.341 e. The zero-order valence-electron chi connectivity index (χ0n) is 14.2. The molecule has 0 radical (unpaired) electrons. The summed E-state index contributed by atoms with van der Waals surface area (Å²) in [5.41, 5.74) is 2.25. The van der Waals surface area contributed by atoms with E-state index in [1.165, 1.54) is 20.5 Å². The molecule has 0 amide bonds. The highest BCUT2D eigenvalue weighted by Gasteiger charge is 2.18. The molecule has 130 valence electrons. The van der Waals surface area contributed by atoms with Crippen molar-refractivity contribution in [2.45, 2.75) is 6.92 Å². The Kier molecular flexibility index (Phi) is 6.60. The fourth-order valence-corrected chi connectivity index (χ4v) is 2.27. The molecule has 0 saturated heterocycles. The van der Waals surface area contributed by atoms with Gasteiger partial charge in [-0.3, -0.25) is 0 Å². The van der Waals surface area contributed by atoms with Gasteiger partial charge in [0.1, 0.15) is 5.57 Å². The Labute approximate surface area is 151 Å². The fraction of sp³-hybridized carbons (Fsp3) is 0.158. The van der Waals surface area contributed by atoms with Crippen LogP contribution >= 0.6 is 11.6 Å². The molecular formula is C19H18ClNO4. The van der Waals surface area contributed by atoms with E-state index in [1.807, 2.05) is 18.2 Å². The molecule has 0 aliphatic rings. The summed E-state index contributed by atoms with van der Waals surface area (Å²) in [6.07, 6.45) is 1.35. The third-order valence-corrected chi connectivity index (χ3v) is 3.60. The van der Waals surface area contributed by atoms with Crippen molar-refractivity contribution in [2.24, 2.45) is 5.16 Å². The largest absolute Gasteiger partial charge is 0.503 e. The highest BCUT2D eigenvalue weighted by molar-refractivity contribution is 6.30. The zero-order valence-corrected chi connectivity index (χ0v) is 14.9. The molecule has 0 unspecified atom stereocenters. The third kappa shape index (κ3) is 4.84. The molecule has 0 N–H and O–H groups in total. The van der Waals surface area contributed by atoms with Gasteiger partial charge in [-0.2, -0.15) is 0 Å². The summed E-state index contributed by atoms with van der Waals surface area (Å²) in [5, 5.41) is 4.75. The number of hydrogen-bond acceptors (Lipinski definition) is 5. The van der Waals surface area contributed by atoms with Crippen LogP contribution in [0.2, 0.25) is 5.02 Å². The Morgan fingerprint density at radius 3 is 2.28 bits per heavy atom. The number of carbonyl (C=O) groups excluding carboxylic acids is 1. The van der Waals surface area contributed by atoms with Gasteiger partial charge < -0.3 is 14.3 Å². The van der Waals surface area contributed by atoms with E-state index in [2.05, 4.69) is 5.16 Å². The van der Waals surface area contributed by atoms with Crippen LogP contribution < -0.4 is 4.84 Å². The lowest BCUT2D eigenvalue weighted by molar-refractivity contribution is -0.133. The Morgan fingerprint density at radius 1 is 1.04 bits per heavy atom. The molecule has 6 heteroatoms. The van der Waals surface area contributed by atoms with Crippen molar-refractivity contribution in [3.8, 4) is 5.75 Å². The van der Waals surface area contributed by atoms with E-state index in [1.54, 1.807) is 37.3 Å². The molecule has 0 saturated carbocycles. The van der Waals surface area contributed by atoms with Crippen LogP contribution in [0.5, 0.6) is 5.75 Å². The molecule has 2 rings (SSSR count). The van der Waals surface area contributed by atoms with Crippen LogP contribution in [-0.2, 0) is 14.3 Å². The molecule has 0 aliphatic carbocycles. The number of oxime groups is 1. The number of rotatable bonds is 6. The summed E-state index contributed by atoms with van der Waals surface area (Å²) in [7, 11) is 2.79. The first kappa shape index (κ1) is 18.5. The maximum absolute atomic E-state index is 12.0. The molecule has 0 aromatic heterocycles. The van der Waals surface area contributed by atoms with Crippen LogP contribution in [0.1, 0.15) is 18.1 Å². The third-order valence-electron chi connectivity index (χ3n) is 3.35. The van der Waals surface area contributed by atoms with Gasteiger partial charge in [-0.25, -0.2) is 4.79 Å². The number of benzene rings is 2. The van der Waals surface area contributed by atoms with Crippen LogP contribution in [0.4, 0.5) is 0 Å². The van der Waals surface area contributed by atoms with Crippen LogP contribution in [0.3, 0.4) is 0 Å². The lowest BCUT2D eigenvalue weighted by atomic mass is 9.98. The topological polar surface area (TPSA) is 57.1 Å². The SMILES string of the molecule is CO/C=C(/C(=O)OC)c1ccccc1C(C)=NOc1ccc(Cl)cc1. The van der Waals surface area contributed by atoms with Crippen LogP contribution in [0.25, 0.3) is 5.57 Å². The second-order valence-electron chi connectivity index (χ2n) is 5.03. The molecule has 2 aromatic rings. The first-order chi connectivity index (χ1) is 12.1. The van der Waals surface area contributed by atoms with Gasteiger partial charge >= 0.3 is 5.97 Å². The number of halogens is 1. The molecule has 2 aromatic carbocycles. The summed E-state index contributed by atoms with van der Waals surface area (Å²) in [4.78, 5) is 17.5. The van der Waals surface area contributed by atoms with Crippen molar-refractivity contribution in [1.29, 1.82) is 0 Å². The van der Waals surface area contributed by atoms with E-state index in [-0.39, 0.29) is 0 Å². The fourth-order valence-electron chi connectivity index (χ4n) is 2.15. The van der Waals surface area contributed by atoms with E-state index in [4.69, 9.17) is 25.9 Å². The molecule has 25 heavy (non-hydrogen) atoms. The van der Waals surface area contributed by atoms with Gasteiger partial charge in [-0.05, 0) is 31.2 Å². The average molecular weight is 360 g/mol. The van der Waals surface area contributed by atoms with Crippen molar-refractivity contribution in [3.63, 3.8) is 0 Å². The molecule has 5 nitrogen and oxygen atoms in total. The second-order valence-corrected chi connectivity index (χ2v) is 5.46. The monoisotopic (exact) mass is 359 g/mol. The quantitative estimate of drug-likeness (QED) is 0.253. The summed E-state index contributed by atoms with van der Waals surface area (Å²) in [6, 6.07) is 14.2. The van der Waals surface area contributed by atoms with Crippen molar-refractivity contribution in [3.05, 3.63) is 70.9 Å². The molecule has 0 spiro atoms. The number of carbonyl (C=O) groups is 1. The first-order valence-electron chi connectivity index (χ1n) is 7.45. The summed E-state index contributed by atoms with van der Waals surface area (Å²) < 4.78 is 9.83.